The molecule has 0 amide bonds. The van der Waals surface area contributed by atoms with E-state index in [1.165, 1.54) is 0 Å². The van der Waals surface area contributed by atoms with Crippen molar-refractivity contribution in [1.82, 2.24) is 0 Å². The molecule has 90 valence electrons. The molecule has 0 N–H and O–H groups in total. The first-order valence-electron chi connectivity index (χ1n) is 5.10. The molecule has 0 heterocycles. The maximum absolute atomic E-state index is 10.3. The van der Waals surface area contributed by atoms with Crippen LogP contribution < -0.4 is 34.3 Å². The number of aryl methyl sites for hydroxylation is 1. The van der Waals surface area contributed by atoms with Gasteiger partial charge in [0.15, 0.2) is 0 Å². The Bertz CT molecular complexity index is 414. The van der Waals surface area contributed by atoms with Gasteiger partial charge in [0.1, 0.15) is 5.75 Å². The topological polar surface area (TPSA) is 66.4 Å². The molecule has 0 saturated heterocycles. The molecular weight excluding hydrogens is 251 g/mol. The molecule has 0 aliphatic rings. The van der Waals surface area contributed by atoms with Crippen molar-refractivity contribution in [2.45, 2.75) is 19.8 Å². The molecule has 1 aromatic rings. The third kappa shape index (κ3) is 8.63. The van der Waals surface area contributed by atoms with Gasteiger partial charge in [-0.2, -0.15) is 0 Å². The third-order valence-corrected chi connectivity index (χ3v) is 2.87. The van der Waals surface area contributed by atoms with E-state index in [4.69, 9.17) is 4.74 Å². The van der Waals surface area contributed by atoms with Crippen LogP contribution in [0.2, 0.25) is 0 Å². The first kappa shape index (κ1) is 16.9. The van der Waals surface area contributed by atoms with Gasteiger partial charge in [-0.3, -0.25) is 0 Å². The molecule has 0 saturated carbocycles. The number of ether oxygens (including phenoxy) is 1. The molecular formula is C11H15NaO4S. The Morgan fingerprint density at radius 2 is 1.76 bits per heavy atom. The minimum atomic E-state index is -4.08. The Morgan fingerprint density at radius 3 is 2.29 bits per heavy atom. The van der Waals surface area contributed by atoms with Crippen molar-refractivity contribution < 1.29 is 47.3 Å². The molecule has 6 heteroatoms. The van der Waals surface area contributed by atoms with Crippen LogP contribution in [0.1, 0.15) is 18.4 Å². The number of hydrogen-bond donors (Lipinski definition) is 0. The van der Waals surface area contributed by atoms with Gasteiger partial charge in [-0.1, -0.05) is 17.7 Å². The van der Waals surface area contributed by atoms with E-state index in [9.17, 15) is 13.0 Å². The van der Waals surface area contributed by atoms with Crippen LogP contribution in [-0.2, 0) is 10.1 Å². The van der Waals surface area contributed by atoms with E-state index in [1.54, 1.807) is 0 Å². The van der Waals surface area contributed by atoms with Gasteiger partial charge >= 0.3 is 29.6 Å². The maximum atomic E-state index is 10.3. The van der Waals surface area contributed by atoms with Gasteiger partial charge in [-0.15, -0.1) is 0 Å². The molecule has 0 unspecified atom stereocenters. The van der Waals surface area contributed by atoms with E-state index in [0.717, 1.165) is 11.3 Å². The normalized spacial score (nSPS) is 10.7. The van der Waals surface area contributed by atoms with Crippen LogP contribution in [-0.4, -0.2) is 25.3 Å². The van der Waals surface area contributed by atoms with E-state index < -0.39 is 10.1 Å². The number of unbranched alkanes of at least 4 members (excludes halogenated alkanes) is 1. The van der Waals surface area contributed by atoms with Gasteiger partial charge in [-0.05, 0) is 31.9 Å². The Morgan fingerprint density at radius 1 is 1.18 bits per heavy atom. The van der Waals surface area contributed by atoms with E-state index in [2.05, 4.69) is 0 Å². The standard InChI is InChI=1S/C11H16O4S.Na/c1-10-4-6-11(7-5-10)15-8-2-3-9-16(12,13)14;/h4-7H,2-3,8-9H2,1H3,(H,12,13,14);/q;+1/p-1. The third-order valence-electron chi connectivity index (χ3n) is 2.08. The summed E-state index contributed by atoms with van der Waals surface area (Å²) in [5, 5.41) is 0. The van der Waals surface area contributed by atoms with Crippen LogP contribution in [0, 0.1) is 6.92 Å². The minimum absolute atomic E-state index is 0. The SMILES string of the molecule is Cc1ccc(OCCCCS(=O)(=O)[O-])cc1.[Na+]. The summed E-state index contributed by atoms with van der Waals surface area (Å²) in [5.41, 5.74) is 1.16. The molecule has 1 rings (SSSR count). The average Bonchev–Trinajstić information content (AvgIpc) is 2.19. The van der Waals surface area contributed by atoms with Crippen LogP contribution in [0.4, 0.5) is 0 Å². The fourth-order valence-corrected chi connectivity index (χ4v) is 1.76. The van der Waals surface area contributed by atoms with Crippen LogP contribution in [0.25, 0.3) is 0 Å². The first-order valence-corrected chi connectivity index (χ1v) is 6.68. The molecule has 0 fully saturated rings. The van der Waals surface area contributed by atoms with E-state index in [-0.39, 0.29) is 35.3 Å². The fraction of sp³-hybridized carbons (Fsp3) is 0.455. The molecule has 0 atom stereocenters. The monoisotopic (exact) mass is 266 g/mol. The Labute approximate surface area is 124 Å². The summed E-state index contributed by atoms with van der Waals surface area (Å²) in [6.07, 6.45) is 0.910. The van der Waals surface area contributed by atoms with Gasteiger partial charge in [0.25, 0.3) is 0 Å². The quantitative estimate of drug-likeness (QED) is 0.365. The second kappa shape index (κ2) is 8.11. The van der Waals surface area contributed by atoms with Gasteiger partial charge < -0.3 is 9.29 Å². The largest absolute Gasteiger partial charge is 1.00 e. The molecule has 17 heavy (non-hydrogen) atoms. The molecule has 0 bridgehead atoms. The molecule has 0 aliphatic carbocycles. The summed E-state index contributed by atoms with van der Waals surface area (Å²) in [5.74, 6) is 0.445. The predicted octanol–water partition coefficient (Wildman–Crippen LogP) is -1.30. The summed E-state index contributed by atoms with van der Waals surface area (Å²) in [6, 6.07) is 7.61. The zero-order valence-corrected chi connectivity index (χ0v) is 13.0. The summed E-state index contributed by atoms with van der Waals surface area (Å²) in [6.45, 7) is 2.42. The zero-order chi connectivity index (χ0) is 12.0. The molecule has 0 aliphatic heterocycles. The van der Waals surface area contributed by atoms with E-state index in [1.807, 2.05) is 31.2 Å². The first-order chi connectivity index (χ1) is 7.47. The summed E-state index contributed by atoms with van der Waals surface area (Å²) in [7, 11) is -4.08. The van der Waals surface area contributed by atoms with Crippen molar-refractivity contribution in [3.8, 4) is 5.75 Å². The Hall–Kier alpha value is -0.0700. The molecule has 0 radical (unpaired) electrons. The van der Waals surface area contributed by atoms with Crippen LogP contribution in [0.3, 0.4) is 0 Å². The van der Waals surface area contributed by atoms with Crippen LogP contribution in [0.5, 0.6) is 5.75 Å². The number of hydrogen-bond acceptors (Lipinski definition) is 4. The fourth-order valence-electron chi connectivity index (χ4n) is 1.21. The van der Waals surface area contributed by atoms with Gasteiger partial charge in [0.05, 0.1) is 16.7 Å². The molecule has 0 spiro atoms. The second-order valence-corrected chi connectivity index (χ2v) is 5.15. The van der Waals surface area contributed by atoms with Crippen molar-refractivity contribution in [3.63, 3.8) is 0 Å². The van der Waals surface area contributed by atoms with Crippen molar-refractivity contribution in [1.29, 1.82) is 0 Å². The van der Waals surface area contributed by atoms with Gasteiger partial charge in [0, 0.05) is 5.75 Å². The van der Waals surface area contributed by atoms with Crippen molar-refractivity contribution in [3.05, 3.63) is 29.8 Å². The van der Waals surface area contributed by atoms with E-state index >= 15 is 0 Å². The maximum Gasteiger partial charge on any atom is 1.00 e. The molecule has 0 aromatic heterocycles. The van der Waals surface area contributed by atoms with Gasteiger partial charge in [0.2, 0.25) is 0 Å². The average molecular weight is 266 g/mol. The second-order valence-electron chi connectivity index (χ2n) is 3.63. The number of rotatable bonds is 6. The van der Waals surface area contributed by atoms with Crippen molar-refractivity contribution in [2.75, 3.05) is 12.4 Å². The van der Waals surface area contributed by atoms with Crippen molar-refractivity contribution >= 4 is 10.1 Å². The van der Waals surface area contributed by atoms with Crippen LogP contribution in [0.15, 0.2) is 24.3 Å². The zero-order valence-electron chi connectivity index (χ0n) is 10.2. The summed E-state index contributed by atoms with van der Waals surface area (Å²) >= 11 is 0. The molecule has 1 aromatic carbocycles. The Balaban J connectivity index is 0.00000256. The van der Waals surface area contributed by atoms with Gasteiger partial charge in [-0.25, -0.2) is 8.42 Å². The number of benzene rings is 1. The van der Waals surface area contributed by atoms with Crippen LogP contribution >= 0.6 is 0 Å². The summed E-state index contributed by atoms with van der Waals surface area (Å²) in [4.78, 5) is 0. The summed E-state index contributed by atoms with van der Waals surface area (Å²) < 4.78 is 36.3. The smallest absolute Gasteiger partial charge is 0.748 e. The minimum Gasteiger partial charge on any atom is -0.748 e. The van der Waals surface area contributed by atoms with E-state index in [0.29, 0.717) is 19.4 Å². The predicted molar refractivity (Wildman–Crippen MR) is 60.5 cm³/mol. The Kier molecular flexibility index (Phi) is 8.07. The molecule has 4 nitrogen and oxygen atoms in total. The van der Waals surface area contributed by atoms with Crippen molar-refractivity contribution in [2.24, 2.45) is 0 Å².